The van der Waals surface area contributed by atoms with Gasteiger partial charge in [-0.15, -0.1) is 11.3 Å². The molecule has 0 aliphatic heterocycles. The first-order chi connectivity index (χ1) is 15.0. The third kappa shape index (κ3) is 4.57. The van der Waals surface area contributed by atoms with Gasteiger partial charge < -0.3 is 15.7 Å². The molecule has 0 aliphatic rings. The summed E-state index contributed by atoms with van der Waals surface area (Å²) in [7, 11) is 0. The monoisotopic (exact) mass is 432 g/mol. The number of carbonyl (C=O) groups excluding carboxylic acids is 2. The number of nitrogens with one attached hydrogen (secondary N) is 2. The van der Waals surface area contributed by atoms with Gasteiger partial charge in [-0.25, -0.2) is 14.8 Å². The van der Waals surface area contributed by atoms with Crippen molar-refractivity contribution in [1.29, 1.82) is 0 Å². The Labute approximate surface area is 180 Å². The minimum Gasteiger partial charge on any atom is -0.477 e. The third-order valence-electron chi connectivity index (χ3n) is 4.37. The molecule has 8 nitrogen and oxygen atoms in total. The number of hydrogen-bond donors (Lipinski definition) is 3. The van der Waals surface area contributed by atoms with Crippen molar-refractivity contribution in [2.45, 2.75) is 5.92 Å². The fourth-order valence-corrected chi connectivity index (χ4v) is 3.76. The maximum Gasteiger partial charge on any atom is 0.345 e. The molecule has 0 radical (unpaired) electrons. The minimum atomic E-state index is -1.35. The maximum absolute atomic E-state index is 13.1. The van der Waals surface area contributed by atoms with Gasteiger partial charge in [-0.2, -0.15) is 0 Å². The van der Waals surface area contributed by atoms with Gasteiger partial charge >= 0.3 is 5.97 Å². The first kappa shape index (κ1) is 20.2. The number of para-hydroxylation sites is 2. The number of nitrogens with zero attached hydrogens (tertiary/aromatic N) is 2. The highest BCUT2D eigenvalue weighted by Crippen LogP contribution is 2.26. The molecule has 0 spiro atoms. The number of amides is 2. The van der Waals surface area contributed by atoms with Crippen molar-refractivity contribution in [3.63, 3.8) is 0 Å². The number of rotatable bonds is 6. The molecule has 2 amide bonds. The van der Waals surface area contributed by atoms with Crippen LogP contribution in [0.3, 0.4) is 0 Å². The van der Waals surface area contributed by atoms with Crippen LogP contribution in [0, 0.1) is 0 Å². The van der Waals surface area contributed by atoms with Gasteiger partial charge in [0.25, 0.3) is 0 Å². The Morgan fingerprint density at radius 3 is 1.94 bits per heavy atom. The van der Waals surface area contributed by atoms with Crippen molar-refractivity contribution in [2.75, 3.05) is 10.6 Å². The lowest BCUT2D eigenvalue weighted by molar-refractivity contribution is -0.126. The zero-order valence-corrected chi connectivity index (χ0v) is 16.8. The lowest BCUT2D eigenvalue weighted by Gasteiger charge is -2.16. The molecule has 0 unspecified atom stereocenters. The van der Waals surface area contributed by atoms with E-state index >= 15 is 0 Å². The van der Waals surface area contributed by atoms with E-state index in [1.165, 1.54) is 12.3 Å². The molecule has 0 saturated carbocycles. The van der Waals surface area contributed by atoms with Gasteiger partial charge in [-0.1, -0.05) is 36.4 Å². The molecule has 0 bridgehead atoms. The zero-order chi connectivity index (χ0) is 21.8. The molecule has 31 heavy (non-hydrogen) atoms. The number of anilines is 2. The topological polar surface area (TPSA) is 121 Å². The number of carbonyl (C=O) groups is 3. The summed E-state index contributed by atoms with van der Waals surface area (Å²) in [6, 6.07) is 18.9. The van der Waals surface area contributed by atoms with E-state index in [1.54, 1.807) is 48.5 Å². The standard InChI is InChI=1S/C22H16N4O4S/c27-19(24-14-7-3-1-4-8-14)17(20(28)25-15-9-5-2-6-10-15)18-23-12-13-11-16(22(29)30)31-21(13)26-18/h1-12,17H,(H,24,27)(H,25,28)(H,29,30). The molecule has 0 saturated heterocycles. The summed E-state index contributed by atoms with van der Waals surface area (Å²) in [5.74, 6) is -3.65. The molecule has 0 atom stereocenters. The van der Waals surface area contributed by atoms with Crippen molar-refractivity contribution in [3.8, 4) is 0 Å². The molecule has 2 aromatic carbocycles. The van der Waals surface area contributed by atoms with E-state index in [-0.39, 0.29) is 10.7 Å². The molecule has 4 aromatic rings. The Morgan fingerprint density at radius 2 is 1.42 bits per heavy atom. The van der Waals surface area contributed by atoms with Gasteiger partial charge in [-0.05, 0) is 30.3 Å². The quantitative estimate of drug-likeness (QED) is 0.399. The summed E-state index contributed by atoms with van der Waals surface area (Å²) in [5, 5.41) is 15.1. The van der Waals surface area contributed by atoms with Gasteiger partial charge in [0.2, 0.25) is 11.8 Å². The summed E-state index contributed by atoms with van der Waals surface area (Å²) in [4.78, 5) is 46.3. The zero-order valence-electron chi connectivity index (χ0n) is 16.0. The van der Waals surface area contributed by atoms with Crippen LogP contribution in [0.2, 0.25) is 0 Å². The molecule has 2 aromatic heterocycles. The van der Waals surface area contributed by atoms with Crippen LogP contribution in [-0.2, 0) is 9.59 Å². The van der Waals surface area contributed by atoms with Gasteiger partial charge in [0.05, 0.1) is 0 Å². The van der Waals surface area contributed by atoms with E-state index in [1.807, 2.05) is 12.1 Å². The predicted molar refractivity (Wildman–Crippen MR) is 117 cm³/mol. The Bertz CT molecular complexity index is 1210. The van der Waals surface area contributed by atoms with E-state index < -0.39 is 23.7 Å². The fourth-order valence-electron chi connectivity index (χ4n) is 2.91. The number of carboxylic acids is 1. The molecular formula is C22H16N4O4S. The van der Waals surface area contributed by atoms with Crippen LogP contribution < -0.4 is 10.6 Å². The average molecular weight is 432 g/mol. The minimum absolute atomic E-state index is 0.0202. The Morgan fingerprint density at radius 1 is 0.871 bits per heavy atom. The van der Waals surface area contributed by atoms with E-state index in [9.17, 15) is 19.5 Å². The molecule has 9 heteroatoms. The Balaban J connectivity index is 1.70. The van der Waals surface area contributed by atoms with Crippen LogP contribution in [0.5, 0.6) is 0 Å². The number of thiophene rings is 1. The summed E-state index contributed by atoms with van der Waals surface area (Å²) < 4.78 is 0. The highest BCUT2D eigenvalue weighted by molar-refractivity contribution is 7.20. The summed E-state index contributed by atoms with van der Waals surface area (Å²) >= 11 is 0.954. The molecule has 0 fully saturated rings. The van der Waals surface area contributed by atoms with Crippen molar-refractivity contribution < 1.29 is 19.5 Å². The SMILES string of the molecule is O=C(O)c1cc2cnc(C(C(=O)Nc3ccccc3)C(=O)Nc3ccccc3)nc2s1. The first-order valence-corrected chi connectivity index (χ1v) is 10.0. The predicted octanol–water partition coefficient (Wildman–Crippen LogP) is 3.75. The smallest absolute Gasteiger partial charge is 0.345 e. The van der Waals surface area contributed by atoms with E-state index in [0.717, 1.165) is 11.3 Å². The highest BCUT2D eigenvalue weighted by atomic mass is 32.1. The first-order valence-electron chi connectivity index (χ1n) is 9.23. The van der Waals surface area contributed by atoms with Gasteiger partial charge in [0, 0.05) is 23.0 Å². The van der Waals surface area contributed by atoms with Gasteiger partial charge in [0.1, 0.15) is 9.71 Å². The van der Waals surface area contributed by atoms with Gasteiger partial charge in [-0.3, -0.25) is 9.59 Å². The normalized spacial score (nSPS) is 10.7. The Hall–Kier alpha value is -4.11. The molecule has 154 valence electrons. The van der Waals surface area contributed by atoms with Crippen molar-refractivity contribution >= 4 is 50.7 Å². The van der Waals surface area contributed by atoms with E-state index in [2.05, 4.69) is 20.6 Å². The van der Waals surface area contributed by atoms with Crippen LogP contribution in [0.1, 0.15) is 21.4 Å². The van der Waals surface area contributed by atoms with E-state index in [0.29, 0.717) is 21.6 Å². The second-order valence-electron chi connectivity index (χ2n) is 6.55. The number of aromatic carboxylic acids is 1. The molecule has 3 N–H and O–H groups in total. The lowest BCUT2D eigenvalue weighted by Crippen LogP contribution is -2.33. The number of benzene rings is 2. The number of aromatic nitrogens is 2. The van der Waals surface area contributed by atoms with Crippen LogP contribution in [0.15, 0.2) is 72.9 Å². The second kappa shape index (κ2) is 8.72. The van der Waals surface area contributed by atoms with Crippen molar-refractivity contribution in [3.05, 3.63) is 83.6 Å². The molecule has 2 heterocycles. The van der Waals surface area contributed by atoms with Crippen LogP contribution in [0.4, 0.5) is 11.4 Å². The number of hydrogen-bond acceptors (Lipinski definition) is 6. The number of carboxylic acid groups (broad SMARTS) is 1. The maximum atomic E-state index is 13.1. The second-order valence-corrected chi connectivity index (χ2v) is 7.58. The molecule has 4 rings (SSSR count). The van der Waals surface area contributed by atoms with Crippen LogP contribution in [-0.4, -0.2) is 32.9 Å². The van der Waals surface area contributed by atoms with Gasteiger partial charge in [0.15, 0.2) is 11.7 Å². The van der Waals surface area contributed by atoms with E-state index in [4.69, 9.17) is 0 Å². The lowest BCUT2D eigenvalue weighted by atomic mass is 10.1. The molecular weight excluding hydrogens is 416 g/mol. The van der Waals surface area contributed by atoms with Crippen LogP contribution in [0.25, 0.3) is 10.2 Å². The average Bonchev–Trinajstić information content (AvgIpc) is 3.19. The third-order valence-corrected chi connectivity index (χ3v) is 5.40. The van der Waals surface area contributed by atoms with Crippen molar-refractivity contribution in [1.82, 2.24) is 9.97 Å². The fraction of sp³-hybridized carbons (Fsp3) is 0.0455. The molecule has 0 aliphatic carbocycles. The largest absolute Gasteiger partial charge is 0.477 e. The summed E-state index contributed by atoms with van der Waals surface area (Å²) in [5.41, 5.74) is 1.05. The van der Waals surface area contributed by atoms with Crippen LogP contribution >= 0.6 is 11.3 Å². The summed E-state index contributed by atoms with van der Waals surface area (Å²) in [6.45, 7) is 0. The number of fused-ring (bicyclic) bond motifs is 1. The summed E-state index contributed by atoms with van der Waals surface area (Å²) in [6.07, 6.45) is 1.42. The Kier molecular flexibility index (Phi) is 5.67. The van der Waals surface area contributed by atoms with Crippen molar-refractivity contribution in [2.24, 2.45) is 0 Å². The highest BCUT2D eigenvalue weighted by Gasteiger charge is 2.32.